The molecule has 0 radical (unpaired) electrons. The van der Waals surface area contributed by atoms with E-state index in [1.165, 1.54) is 0 Å². The van der Waals surface area contributed by atoms with E-state index in [0.717, 1.165) is 24.4 Å². The van der Waals surface area contributed by atoms with Crippen LogP contribution in [0.3, 0.4) is 0 Å². The second-order valence-electron chi connectivity index (χ2n) is 7.32. The molecule has 7 nitrogen and oxygen atoms in total. The van der Waals surface area contributed by atoms with Crippen molar-refractivity contribution < 1.29 is 23.7 Å². The molecule has 0 aromatic heterocycles. The number of hydrogen-bond acceptors (Lipinski definition) is 6. The highest BCUT2D eigenvalue weighted by molar-refractivity contribution is 5.95. The third-order valence-corrected chi connectivity index (χ3v) is 5.36. The average Bonchev–Trinajstić information content (AvgIpc) is 2.83. The predicted molar refractivity (Wildman–Crippen MR) is 131 cm³/mol. The van der Waals surface area contributed by atoms with E-state index in [-0.39, 0.29) is 11.9 Å². The first-order valence-electron chi connectivity index (χ1n) is 11.7. The zero-order valence-corrected chi connectivity index (χ0v) is 20.8. The Morgan fingerprint density at radius 2 is 1.52 bits per heavy atom. The molecule has 0 aliphatic carbocycles. The summed E-state index contributed by atoms with van der Waals surface area (Å²) in [6.45, 7) is 13.5. The predicted octanol–water partition coefficient (Wildman–Crippen LogP) is 4.70. The van der Waals surface area contributed by atoms with Gasteiger partial charge < -0.3 is 24.3 Å². The average molecular weight is 459 g/mol. The Labute approximate surface area is 198 Å². The molecule has 0 saturated carbocycles. The van der Waals surface area contributed by atoms with Gasteiger partial charge >= 0.3 is 0 Å². The molecule has 0 saturated heterocycles. The molecule has 0 bridgehead atoms. The van der Waals surface area contributed by atoms with Crippen LogP contribution >= 0.6 is 0 Å². The minimum absolute atomic E-state index is 0.0134. The lowest BCUT2D eigenvalue weighted by molar-refractivity contribution is 0.0933. The maximum atomic E-state index is 13.2. The van der Waals surface area contributed by atoms with Crippen LogP contribution in [-0.2, 0) is 0 Å². The van der Waals surface area contributed by atoms with Gasteiger partial charge in [0.25, 0.3) is 5.91 Å². The fourth-order valence-corrected chi connectivity index (χ4v) is 3.78. The van der Waals surface area contributed by atoms with Gasteiger partial charge in [0.2, 0.25) is 5.75 Å². The van der Waals surface area contributed by atoms with Gasteiger partial charge in [0.15, 0.2) is 11.5 Å². The van der Waals surface area contributed by atoms with Crippen molar-refractivity contribution in [3.8, 4) is 23.0 Å². The van der Waals surface area contributed by atoms with E-state index < -0.39 is 0 Å². The van der Waals surface area contributed by atoms with Crippen LogP contribution in [0.25, 0.3) is 0 Å². The SMILES string of the molecule is CCOc1cc(C(=O)NCC(c2cccc(OC)c2)N(CC)CC)cc(OCC)c1OCC. The Hall–Kier alpha value is -2.93. The number of amides is 1. The van der Waals surface area contributed by atoms with Crippen molar-refractivity contribution in [2.24, 2.45) is 0 Å². The summed E-state index contributed by atoms with van der Waals surface area (Å²) in [5.41, 5.74) is 1.56. The van der Waals surface area contributed by atoms with E-state index >= 15 is 0 Å². The largest absolute Gasteiger partial charge is 0.497 e. The first-order chi connectivity index (χ1) is 16.0. The number of ether oxygens (including phenoxy) is 4. The zero-order chi connectivity index (χ0) is 24.2. The number of carbonyl (C=O) groups excluding carboxylic acids is 1. The van der Waals surface area contributed by atoms with Gasteiger partial charge in [-0.15, -0.1) is 0 Å². The number of likely N-dealkylation sites (N-methyl/N-ethyl adjacent to an activating group) is 1. The molecule has 0 fully saturated rings. The Balaban J connectivity index is 2.31. The summed E-state index contributed by atoms with van der Waals surface area (Å²) in [6, 6.07) is 11.4. The summed E-state index contributed by atoms with van der Waals surface area (Å²) < 4.78 is 22.7. The quantitative estimate of drug-likeness (QED) is 0.442. The number of nitrogens with zero attached hydrogens (tertiary/aromatic N) is 1. The fourth-order valence-electron chi connectivity index (χ4n) is 3.78. The Morgan fingerprint density at radius 3 is 2.03 bits per heavy atom. The summed E-state index contributed by atoms with van der Waals surface area (Å²) in [7, 11) is 1.66. The zero-order valence-electron chi connectivity index (χ0n) is 20.8. The van der Waals surface area contributed by atoms with Crippen LogP contribution < -0.4 is 24.3 Å². The van der Waals surface area contributed by atoms with Crippen LogP contribution in [0.2, 0.25) is 0 Å². The van der Waals surface area contributed by atoms with Gasteiger partial charge in [-0.1, -0.05) is 26.0 Å². The van der Waals surface area contributed by atoms with Crippen molar-refractivity contribution in [2.75, 3.05) is 46.6 Å². The molecule has 1 N–H and O–H groups in total. The van der Waals surface area contributed by atoms with Gasteiger partial charge in [-0.05, 0) is 63.7 Å². The highest BCUT2D eigenvalue weighted by atomic mass is 16.5. The van der Waals surface area contributed by atoms with Crippen molar-refractivity contribution in [1.29, 1.82) is 0 Å². The molecule has 7 heteroatoms. The van der Waals surface area contributed by atoms with Gasteiger partial charge in [0.05, 0.1) is 33.0 Å². The van der Waals surface area contributed by atoms with Gasteiger partial charge in [-0.3, -0.25) is 9.69 Å². The van der Waals surface area contributed by atoms with E-state index in [1.807, 2.05) is 39.0 Å². The number of hydrogen-bond donors (Lipinski definition) is 1. The van der Waals surface area contributed by atoms with Crippen LogP contribution in [0.4, 0.5) is 0 Å². The van der Waals surface area contributed by atoms with Crippen LogP contribution in [0.15, 0.2) is 36.4 Å². The van der Waals surface area contributed by atoms with Crippen molar-refractivity contribution >= 4 is 5.91 Å². The Morgan fingerprint density at radius 1 is 0.909 bits per heavy atom. The summed E-state index contributed by atoms with van der Waals surface area (Å²) >= 11 is 0. The normalized spacial score (nSPS) is 11.7. The van der Waals surface area contributed by atoms with Crippen molar-refractivity contribution in [1.82, 2.24) is 10.2 Å². The van der Waals surface area contributed by atoms with E-state index in [0.29, 0.717) is 49.2 Å². The fraction of sp³-hybridized carbons (Fsp3) is 0.500. The molecule has 2 rings (SSSR count). The first-order valence-corrected chi connectivity index (χ1v) is 11.7. The molecule has 2 aromatic rings. The number of rotatable bonds is 14. The molecule has 182 valence electrons. The van der Waals surface area contributed by atoms with Crippen molar-refractivity contribution in [2.45, 2.75) is 40.7 Å². The molecule has 1 unspecified atom stereocenters. The summed E-state index contributed by atoms with van der Waals surface area (Å²) in [5.74, 6) is 2.13. The lowest BCUT2D eigenvalue weighted by atomic mass is 10.0. The summed E-state index contributed by atoms with van der Waals surface area (Å²) in [5, 5.41) is 3.10. The van der Waals surface area contributed by atoms with Gasteiger partial charge in [0, 0.05) is 12.1 Å². The third-order valence-electron chi connectivity index (χ3n) is 5.36. The van der Waals surface area contributed by atoms with Gasteiger partial charge in [-0.2, -0.15) is 0 Å². The topological polar surface area (TPSA) is 69.3 Å². The molecule has 0 spiro atoms. The second kappa shape index (κ2) is 13.6. The highest BCUT2D eigenvalue weighted by Crippen LogP contribution is 2.39. The van der Waals surface area contributed by atoms with Crippen LogP contribution in [-0.4, -0.2) is 57.4 Å². The monoisotopic (exact) mass is 458 g/mol. The number of methoxy groups -OCH3 is 1. The van der Waals surface area contributed by atoms with E-state index in [9.17, 15) is 4.79 Å². The molecule has 1 atom stereocenters. The van der Waals surface area contributed by atoms with Crippen molar-refractivity contribution in [3.05, 3.63) is 47.5 Å². The summed E-state index contributed by atoms with van der Waals surface area (Å²) in [4.78, 5) is 15.5. The molecular formula is C26H38N2O5. The first kappa shape index (κ1) is 26.3. The molecule has 0 heterocycles. The molecule has 1 amide bonds. The Bertz CT molecular complexity index is 856. The molecular weight excluding hydrogens is 420 g/mol. The lowest BCUT2D eigenvalue weighted by Gasteiger charge is -2.30. The Kier molecular flexibility index (Phi) is 10.8. The number of nitrogens with one attached hydrogen (secondary N) is 1. The standard InChI is InChI=1S/C26H38N2O5/c1-7-28(8-2)22(19-13-12-14-21(15-19)30-6)18-27-26(29)20-16-23(31-9-3)25(33-11-5)24(17-20)32-10-4/h12-17,22H,7-11,18H2,1-6H3,(H,27,29). The smallest absolute Gasteiger partial charge is 0.251 e. The third kappa shape index (κ3) is 7.02. The minimum atomic E-state index is -0.194. The second-order valence-corrected chi connectivity index (χ2v) is 7.32. The molecule has 0 aliphatic heterocycles. The van der Waals surface area contributed by atoms with Crippen LogP contribution in [0.1, 0.15) is 56.6 Å². The summed E-state index contributed by atoms with van der Waals surface area (Å²) in [6.07, 6.45) is 0. The minimum Gasteiger partial charge on any atom is -0.497 e. The van der Waals surface area contributed by atoms with E-state index in [4.69, 9.17) is 18.9 Å². The number of carbonyl (C=O) groups is 1. The number of benzene rings is 2. The maximum Gasteiger partial charge on any atom is 0.251 e. The highest BCUT2D eigenvalue weighted by Gasteiger charge is 2.22. The molecule has 0 aliphatic rings. The van der Waals surface area contributed by atoms with Gasteiger partial charge in [-0.25, -0.2) is 0 Å². The molecule has 2 aromatic carbocycles. The van der Waals surface area contributed by atoms with E-state index in [2.05, 4.69) is 30.1 Å². The maximum absolute atomic E-state index is 13.2. The van der Waals surface area contributed by atoms with Crippen molar-refractivity contribution in [3.63, 3.8) is 0 Å². The van der Waals surface area contributed by atoms with Gasteiger partial charge in [0.1, 0.15) is 5.75 Å². The lowest BCUT2D eigenvalue weighted by Crippen LogP contribution is -2.38. The van der Waals surface area contributed by atoms with E-state index in [1.54, 1.807) is 19.2 Å². The molecule has 33 heavy (non-hydrogen) atoms. The van der Waals surface area contributed by atoms with Crippen LogP contribution in [0.5, 0.6) is 23.0 Å². The van der Waals surface area contributed by atoms with Crippen LogP contribution in [0, 0.1) is 0 Å².